The van der Waals surface area contributed by atoms with E-state index in [1.54, 1.807) is 11.8 Å². The fourth-order valence-electron chi connectivity index (χ4n) is 2.39. The molecule has 0 bridgehead atoms. The summed E-state index contributed by atoms with van der Waals surface area (Å²) in [6.07, 6.45) is 4.95. The summed E-state index contributed by atoms with van der Waals surface area (Å²) < 4.78 is 0. The molecule has 8 heteroatoms. The first kappa shape index (κ1) is 16.4. The van der Waals surface area contributed by atoms with Gasteiger partial charge in [-0.2, -0.15) is 11.8 Å². The third-order valence-corrected chi connectivity index (χ3v) is 5.41. The van der Waals surface area contributed by atoms with E-state index in [0.717, 1.165) is 25.3 Å². The van der Waals surface area contributed by atoms with Gasteiger partial charge in [-0.05, 0) is 31.6 Å². The fourth-order valence-corrected chi connectivity index (χ4v) is 3.58. The molecule has 114 valence electrons. The number of hydrogen-bond donors (Lipinski definition) is 1. The van der Waals surface area contributed by atoms with E-state index in [1.807, 2.05) is 0 Å². The van der Waals surface area contributed by atoms with E-state index in [1.165, 1.54) is 6.07 Å². The van der Waals surface area contributed by atoms with Gasteiger partial charge < -0.3 is 5.32 Å². The predicted octanol–water partition coefficient (Wildman–Crippen LogP) is 3.92. The molecule has 5 nitrogen and oxygen atoms in total. The molecule has 1 aliphatic carbocycles. The van der Waals surface area contributed by atoms with E-state index in [-0.39, 0.29) is 33.2 Å². The van der Waals surface area contributed by atoms with E-state index < -0.39 is 4.92 Å². The van der Waals surface area contributed by atoms with Gasteiger partial charge in [-0.1, -0.05) is 23.2 Å². The molecule has 1 aromatic rings. The molecule has 2 unspecified atom stereocenters. The van der Waals surface area contributed by atoms with Crippen LogP contribution in [0.25, 0.3) is 0 Å². The van der Waals surface area contributed by atoms with E-state index >= 15 is 0 Å². The molecule has 2 atom stereocenters. The molecule has 1 fully saturated rings. The van der Waals surface area contributed by atoms with Crippen LogP contribution in [0.1, 0.15) is 29.6 Å². The maximum atomic E-state index is 12.2. The molecule has 0 spiro atoms. The Morgan fingerprint density at radius 2 is 2.14 bits per heavy atom. The third-order valence-electron chi connectivity index (χ3n) is 3.52. The van der Waals surface area contributed by atoms with Crippen molar-refractivity contribution in [2.24, 2.45) is 0 Å². The number of halogens is 2. The van der Waals surface area contributed by atoms with Crippen molar-refractivity contribution in [3.63, 3.8) is 0 Å². The number of nitro groups is 1. The second-order valence-corrected chi connectivity index (χ2v) is 6.81. The minimum atomic E-state index is -0.648. The standard InChI is InChI=1S/C13H14Cl2N2O3S/c1-21-9-3-2-8(6-9)16-13(18)7-4-10(14)12(15)11(5-7)17(19)20/h4-5,8-9H,2-3,6H2,1H3,(H,16,18). The summed E-state index contributed by atoms with van der Waals surface area (Å²) in [6.45, 7) is 0. The molecule has 1 aliphatic rings. The summed E-state index contributed by atoms with van der Waals surface area (Å²) >= 11 is 13.4. The molecule has 21 heavy (non-hydrogen) atoms. The summed E-state index contributed by atoms with van der Waals surface area (Å²) in [4.78, 5) is 22.4. The van der Waals surface area contributed by atoms with Gasteiger partial charge in [0.15, 0.2) is 0 Å². The molecule has 0 aromatic heterocycles. The van der Waals surface area contributed by atoms with Crippen molar-refractivity contribution in [1.29, 1.82) is 0 Å². The van der Waals surface area contributed by atoms with Gasteiger partial charge in [0.05, 0.1) is 9.95 Å². The third kappa shape index (κ3) is 3.81. The zero-order valence-corrected chi connectivity index (χ0v) is 13.6. The molecule has 0 saturated heterocycles. The number of nitrogens with zero attached hydrogens (tertiary/aromatic N) is 1. The number of nitrogens with one attached hydrogen (secondary N) is 1. The van der Waals surface area contributed by atoms with Crippen molar-refractivity contribution in [3.8, 4) is 0 Å². The van der Waals surface area contributed by atoms with Crippen LogP contribution in [0, 0.1) is 10.1 Å². The first-order chi connectivity index (χ1) is 9.92. The van der Waals surface area contributed by atoms with Crippen LogP contribution < -0.4 is 5.32 Å². The Bertz CT molecular complexity index is 583. The van der Waals surface area contributed by atoms with Crippen molar-refractivity contribution >= 4 is 46.6 Å². The Morgan fingerprint density at radius 3 is 2.71 bits per heavy atom. The van der Waals surface area contributed by atoms with Gasteiger partial charge in [0, 0.05) is 22.9 Å². The lowest BCUT2D eigenvalue weighted by molar-refractivity contribution is -0.384. The van der Waals surface area contributed by atoms with E-state index in [4.69, 9.17) is 23.2 Å². The number of benzene rings is 1. The molecular formula is C13H14Cl2N2O3S. The quantitative estimate of drug-likeness (QED) is 0.661. The number of amides is 1. The average Bonchev–Trinajstić information content (AvgIpc) is 2.88. The molecule has 1 aromatic carbocycles. The lowest BCUT2D eigenvalue weighted by Crippen LogP contribution is -2.33. The van der Waals surface area contributed by atoms with Crippen LogP contribution in [0.15, 0.2) is 12.1 Å². The lowest BCUT2D eigenvalue weighted by Gasteiger charge is -2.13. The molecule has 1 saturated carbocycles. The Labute approximate surface area is 136 Å². The van der Waals surface area contributed by atoms with Crippen LogP contribution in [0.2, 0.25) is 10.0 Å². The zero-order chi connectivity index (χ0) is 15.6. The predicted molar refractivity (Wildman–Crippen MR) is 85.5 cm³/mol. The highest BCUT2D eigenvalue weighted by Crippen LogP contribution is 2.33. The minimum absolute atomic E-state index is 0.00410. The normalized spacial score (nSPS) is 21.3. The summed E-state index contributed by atoms with van der Waals surface area (Å²) in [6, 6.07) is 2.61. The first-order valence-electron chi connectivity index (χ1n) is 6.39. The molecule has 1 N–H and O–H groups in total. The van der Waals surface area contributed by atoms with Gasteiger partial charge in [-0.3, -0.25) is 14.9 Å². The Hall–Kier alpha value is -0.980. The highest BCUT2D eigenvalue weighted by Gasteiger charge is 2.26. The maximum absolute atomic E-state index is 12.2. The van der Waals surface area contributed by atoms with Crippen molar-refractivity contribution in [1.82, 2.24) is 5.32 Å². The Balaban J connectivity index is 2.14. The SMILES string of the molecule is CSC1CCC(NC(=O)c2cc(Cl)c(Cl)c([N+](=O)[O-])c2)C1. The number of carbonyl (C=O) groups is 1. The smallest absolute Gasteiger partial charge is 0.290 e. The van der Waals surface area contributed by atoms with Crippen LogP contribution in [0.3, 0.4) is 0 Å². The number of nitro benzene ring substituents is 1. The number of rotatable bonds is 4. The number of carbonyl (C=O) groups excluding carboxylic acids is 1. The molecule has 0 aliphatic heterocycles. The highest BCUT2D eigenvalue weighted by atomic mass is 35.5. The van der Waals surface area contributed by atoms with E-state index in [2.05, 4.69) is 11.6 Å². The van der Waals surface area contributed by atoms with E-state index in [0.29, 0.717) is 5.25 Å². The van der Waals surface area contributed by atoms with Gasteiger partial charge in [0.2, 0.25) is 0 Å². The molecular weight excluding hydrogens is 335 g/mol. The minimum Gasteiger partial charge on any atom is -0.349 e. The second kappa shape index (κ2) is 6.85. The summed E-state index contributed by atoms with van der Waals surface area (Å²) in [5.41, 5.74) is -0.202. The van der Waals surface area contributed by atoms with Gasteiger partial charge in [0.1, 0.15) is 5.02 Å². The van der Waals surface area contributed by atoms with Crippen LogP contribution in [0.4, 0.5) is 5.69 Å². The monoisotopic (exact) mass is 348 g/mol. The van der Waals surface area contributed by atoms with Crippen LogP contribution in [-0.4, -0.2) is 28.4 Å². The lowest BCUT2D eigenvalue weighted by atomic mass is 10.1. The number of thioether (sulfide) groups is 1. The van der Waals surface area contributed by atoms with Crippen molar-refractivity contribution in [2.75, 3.05) is 6.26 Å². The topological polar surface area (TPSA) is 72.2 Å². The zero-order valence-electron chi connectivity index (χ0n) is 11.3. The van der Waals surface area contributed by atoms with Crippen LogP contribution >= 0.6 is 35.0 Å². The Morgan fingerprint density at radius 1 is 1.43 bits per heavy atom. The van der Waals surface area contributed by atoms with Gasteiger partial charge in [-0.15, -0.1) is 0 Å². The van der Waals surface area contributed by atoms with Crippen molar-refractivity contribution in [3.05, 3.63) is 37.9 Å². The molecule has 2 rings (SSSR count). The largest absolute Gasteiger partial charge is 0.349 e. The molecule has 1 amide bonds. The van der Waals surface area contributed by atoms with Gasteiger partial charge in [0.25, 0.3) is 11.6 Å². The summed E-state index contributed by atoms with van der Waals surface area (Å²) in [7, 11) is 0. The van der Waals surface area contributed by atoms with Crippen LogP contribution in [0.5, 0.6) is 0 Å². The van der Waals surface area contributed by atoms with E-state index in [9.17, 15) is 14.9 Å². The van der Waals surface area contributed by atoms with Crippen molar-refractivity contribution < 1.29 is 9.72 Å². The summed E-state index contributed by atoms with van der Waals surface area (Å²) in [5.74, 6) is -0.358. The molecule has 0 heterocycles. The molecule has 0 radical (unpaired) electrons. The fraction of sp³-hybridized carbons (Fsp3) is 0.462. The average molecular weight is 349 g/mol. The maximum Gasteiger partial charge on any atom is 0.290 e. The van der Waals surface area contributed by atoms with Crippen molar-refractivity contribution in [2.45, 2.75) is 30.6 Å². The highest BCUT2D eigenvalue weighted by molar-refractivity contribution is 7.99. The number of hydrogen-bond acceptors (Lipinski definition) is 4. The van der Waals surface area contributed by atoms with Gasteiger partial charge in [-0.25, -0.2) is 0 Å². The van der Waals surface area contributed by atoms with Crippen LogP contribution in [-0.2, 0) is 0 Å². The first-order valence-corrected chi connectivity index (χ1v) is 8.43. The second-order valence-electron chi connectivity index (χ2n) is 4.89. The Kier molecular flexibility index (Phi) is 5.35. The van der Waals surface area contributed by atoms with Gasteiger partial charge >= 0.3 is 0 Å². The summed E-state index contributed by atoms with van der Waals surface area (Å²) in [5, 5.41) is 14.2.